The van der Waals surface area contributed by atoms with Crippen LogP contribution in [-0.4, -0.2) is 13.7 Å². The average molecular weight is 346 g/mol. The summed E-state index contributed by atoms with van der Waals surface area (Å²) < 4.78 is 19.5. The highest BCUT2D eigenvalue weighted by Crippen LogP contribution is 2.36. The predicted molar refractivity (Wildman–Crippen MR) is 85.7 cm³/mol. The number of benzene rings is 1. The molecule has 4 heteroatoms. The third-order valence-electron chi connectivity index (χ3n) is 3.80. The molecule has 2 atom stereocenters. The van der Waals surface area contributed by atoms with Crippen LogP contribution in [0.3, 0.4) is 0 Å². The number of ether oxygens (including phenoxy) is 1. The van der Waals surface area contributed by atoms with Crippen LogP contribution in [0.2, 0.25) is 0 Å². The Labute approximate surface area is 130 Å². The SMILES string of the molecule is CCCNC(c1cc(Br)c(F)cc1OC)C(C)C(C)C. The Morgan fingerprint density at radius 1 is 1.30 bits per heavy atom. The maximum absolute atomic E-state index is 13.7. The van der Waals surface area contributed by atoms with Crippen LogP contribution in [0.4, 0.5) is 4.39 Å². The fourth-order valence-electron chi connectivity index (χ4n) is 2.23. The molecule has 0 heterocycles. The van der Waals surface area contributed by atoms with Crippen molar-refractivity contribution in [3.05, 3.63) is 28.0 Å². The van der Waals surface area contributed by atoms with E-state index in [1.165, 1.54) is 6.07 Å². The molecule has 0 saturated heterocycles. The van der Waals surface area contributed by atoms with E-state index in [2.05, 4.69) is 48.9 Å². The Morgan fingerprint density at radius 2 is 1.95 bits per heavy atom. The zero-order valence-electron chi connectivity index (χ0n) is 13.0. The molecule has 20 heavy (non-hydrogen) atoms. The minimum absolute atomic E-state index is 0.154. The molecule has 1 aromatic carbocycles. The highest BCUT2D eigenvalue weighted by atomic mass is 79.9. The molecular weight excluding hydrogens is 321 g/mol. The van der Waals surface area contributed by atoms with E-state index in [1.54, 1.807) is 7.11 Å². The smallest absolute Gasteiger partial charge is 0.141 e. The number of nitrogens with one attached hydrogen (secondary N) is 1. The molecular formula is C16H25BrFNO. The second-order valence-corrected chi connectivity index (χ2v) is 6.40. The molecule has 0 aliphatic carbocycles. The van der Waals surface area contributed by atoms with Crippen LogP contribution in [0, 0.1) is 17.7 Å². The minimum atomic E-state index is -0.294. The van der Waals surface area contributed by atoms with Crippen LogP contribution in [0.5, 0.6) is 5.75 Å². The largest absolute Gasteiger partial charge is 0.496 e. The lowest BCUT2D eigenvalue weighted by atomic mass is 9.85. The molecule has 0 aromatic heterocycles. The molecule has 1 aromatic rings. The standard InChI is InChI=1S/C16H25BrFNO/c1-6-7-19-16(11(4)10(2)3)12-8-13(17)14(18)9-15(12)20-5/h8-11,16,19H,6-7H2,1-5H3. The van der Waals surface area contributed by atoms with Crippen molar-refractivity contribution in [2.24, 2.45) is 11.8 Å². The normalized spacial score (nSPS) is 14.4. The van der Waals surface area contributed by atoms with E-state index in [0.717, 1.165) is 18.5 Å². The quantitative estimate of drug-likeness (QED) is 0.756. The lowest BCUT2D eigenvalue weighted by Gasteiger charge is -2.30. The molecule has 0 fully saturated rings. The summed E-state index contributed by atoms with van der Waals surface area (Å²) in [7, 11) is 1.59. The molecule has 0 spiro atoms. The van der Waals surface area contributed by atoms with E-state index in [0.29, 0.717) is 22.1 Å². The highest BCUT2D eigenvalue weighted by molar-refractivity contribution is 9.10. The van der Waals surface area contributed by atoms with Gasteiger partial charge in [0.1, 0.15) is 11.6 Å². The van der Waals surface area contributed by atoms with E-state index >= 15 is 0 Å². The minimum Gasteiger partial charge on any atom is -0.496 e. The van der Waals surface area contributed by atoms with Gasteiger partial charge in [-0.05, 0) is 46.8 Å². The first-order valence-corrected chi connectivity index (χ1v) is 7.97. The fraction of sp³-hybridized carbons (Fsp3) is 0.625. The van der Waals surface area contributed by atoms with Gasteiger partial charge in [0.25, 0.3) is 0 Å². The molecule has 1 N–H and O–H groups in total. The monoisotopic (exact) mass is 345 g/mol. The molecule has 0 bridgehead atoms. The van der Waals surface area contributed by atoms with Gasteiger partial charge in [-0.3, -0.25) is 0 Å². The van der Waals surface area contributed by atoms with Crippen molar-refractivity contribution >= 4 is 15.9 Å². The van der Waals surface area contributed by atoms with E-state index in [4.69, 9.17) is 4.74 Å². The van der Waals surface area contributed by atoms with Gasteiger partial charge < -0.3 is 10.1 Å². The third kappa shape index (κ3) is 4.19. The third-order valence-corrected chi connectivity index (χ3v) is 4.41. The molecule has 0 amide bonds. The van der Waals surface area contributed by atoms with E-state index in [9.17, 15) is 4.39 Å². The van der Waals surface area contributed by atoms with Gasteiger partial charge in [-0.15, -0.1) is 0 Å². The second-order valence-electron chi connectivity index (χ2n) is 5.54. The Balaban J connectivity index is 3.21. The van der Waals surface area contributed by atoms with Crippen LogP contribution in [0.25, 0.3) is 0 Å². The lowest BCUT2D eigenvalue weighted by Crippen LogP contribution is -2.30. The first-order chi connectivity index (χ1) is 9.42. The second kappa shape index (κ2) is 7.99. The van der Waals surface area contributed by atoms with E-state index in [-0.39, 0.29) is 11.9 Å². The van der Waals surface area contributed by atoms with Gasteiger partial charge in [0.15, 0.2) is 0 Å². The summed E-state index contributed by atoms with van der Waals surface area (Å²) in [6.07, 6.45) is 1.06. The molecule has 0 radical (unpaired) electrons. The van der Waals surface area contributed by atoms with Crippen LogP contribution in [-0.2, 0) is 0 Å². The summed E-state index contributed by atoms with van der Waals surface area (Å²) in [5.41, 5.74) is 1.01. The molecule has 0 aliphatic heterocycles. The van der Waals surface area contributed by atoms with Gasteiger partial charge in [-0.1, -0.05) is 27.7 Å². The maximum atomic E-state index is 13.7. The summed E-state index contributed by atoms with van der Waals surface area (Å²) >= 11 is 3.27. The molecule has 1 rings (SSSR count). The Hall–Kier alpha value is -0.610. The number of rotatable bonds is 7. The number of methoxy groups -OCH3 is 1. The summed E-state index contributed by atoms with van der Waals surface area (Å²) in [5.74, 6) is 1.26. The predicted octanol–water partition coefficient (Wildman–Crippen LogP) is 4.93. The lowest BCUT2D eigenvalue weighted by molar-refractivity contribution is 0.293. The van der Waals surface area contributed by atoms with Gasteiger partial charge in [-0.25, -0.2) is 4.39 Å². The molecule has 114 valence electrons. The van der Waals surface area contributed by atoms with Gasteiger partial charge in [0, 0.05) is 17.7 Å². The maximum Gasteiger partial charge on any atom is 0.141 e. The van der Waals surface area contributed by atoms with Crippen molar-refractivity contribution in [1.29, 1.82) is 0 Å². The van der Waals surface area contributed by atoms with Crippen molar-refractivity contribution in [2.45, 2.75) is 40.2 Å². The van der Waals surface area contributed by atoms with E-state index < -0.39 is 0 Å². The van der Waals surface area contributed by atoms with Crippen molar-refractivity contribution in [3.63, 3.8) is 0 Å². The van der Waals surface area contributed by atoms with Gasteiger partial charge in [0.05, 0.1) is 11.6 Å². The van der Waals surface area contributed by atoms with Crippen LogP contribution in [0.15, 0.2) is 16.6 Å². The summed E-state index contributed by atoms with van der Waals surface area (Å²) in [6, 6.07) is 3.44. The summed E-state index contributed by atoms with van der Waals surface area (Å²) in [6.45, 7) is 9.70. The zero-order valence-corrected chi connectivity index (χ0v) is 14.6. The Morgan fingerprint density at radius 3 is 2.45 bits per heavy atom. The van der Waals surface area contributed by atoms with Crippen molar-refractivity contribution in [1.82, 2.24) is 5.32 Å². The van der Waals surface area contributed by atoms with Gasteiger partial charge in [-0.2, -0.15) is 0 Å². The molecule has 0 saturated carbocycles. The fourth-order valence-corrected chi connectivity index (χ4v) is 2.59. The summed E-state index contributed by atoms with van der Waals surface area (Å²) in [4.78, 5) is 0. The molecule has 2 nitrogen and oxygen atoms in total. The van der Waals surface area contributed by atoms with Crippen LogP contribution in [0.1, 0.15) is 45.7 Å². The topological polar surface area (TPSA) is 21.3 Å². The van der Waals surface area contributed by atoms with Crippen molar-refractivity contribution < 1.29 is 9.13 Å². The Kier molecular flexibility index (Phi) is 6.96. The number of hydrogen-bond acceptors (Lipinski definition) is 2. The molecule has 2 unspecified atom stereocenters. The first-order valence-electron chi connectivity index (χ1n) is 7.18. The van der Waals surface area contributed by atoms with Gasteiger partial charge in [0.2, 0.25) is 0 Å². The number of halogens is 2. The van der Waals surface area contributed by atoms with Crippen LogP contribution < -0.4 is 10.1 Å². The highest BCUT2D eigenvalue weighted by Gasteiger charge is 2.25. The van der Waals surface area contributed by atoms with Crippen molar-refractivity contribution in [3.8, 4) is 5.75 Å². The van der Waals surface area contributed by atoms with Gasteiger partial charge >= 0.3 is 0 Å². The Bertz CT molecular complexity index is 437. The zero-order chi connectivity index (χ0) is 15.3. The van der Waals surface area contributed by atoms with Crippen molar-refractivity contribution in [2.75, 3.05) is 13.7 Å². The first kappa shape index (κ1) is 17.4. The van der Waals surface area contributed by atoms with Crippen LogP contribution >= 0.6 is 15.9 Å². The average Bonchev–Trinajstić information content (AvgIpc) is 2.42. The van der Waals surface area contributed by atoms with E-state index in [1.807, 2.05) is 6.07 Å². The number of hydrogen-bond donors (Lipinski definition) is 1. The molecule has 0 aliphatic rings. The summed E-state index contributed by atoms with van der Waals surface area (Å²) in [5, 5.41) is 3.56.